The summed E-state index contributed by atoms with van der Waals surface area (Å²) in [5.41, 5.74) is 7.06. The highest BCUT2D eigenvalue weighted by atomic mass is 16.5. The molecule has 2 N–H and O–H groups in total. The zero-order valence-electron chi connectivity index (χ0n) is 10.7. The third-order valence-electron chi connectivity index (χ3n) is 2.30. The Hall–Kier alpha value is -1.35. The Morgan fingerprint density at radius 3 is 2.65 bits per heavy atom. The van der Waals surface area contributed by atoms with E-state index in [2.05, 4.69) is 17.1 Å². The van der Waals surface area contributed by atoms with E-state index in [-0.39, 0.29) is 0 Å². The Labute approximate surface area is 104 Å². The van der Waals surface area contributed by atoms with Crippen molar-refractivity contribution in [2.24, 2.45) is 10.7 Å². The Kier molecular flexibility index (Phi) is 6.33. The number of hydrogen-bond acceptors (Lipinski definition) is 2. The molecule has 1 aromatic rings. The number of rotatable bonds is 7. The molecule has 94 valence electrons. The summed E-state index contributed by atoms with van der Waals surface area (Å²) in [7, 11) is 0. The summed E-state index contributed by atoms with van der Waals surface area (Å²) in [5.74, 6) is 0.695. The average molecular weight is 234 g/mol. The van der Waals surface area contributed by atoms with E-state index in [1.165, 1.54) is 5.56 Å². The fourth-order valence-corrected chi connectivity index (χ4v) is 1.47. The second kappa shape index (κ2) is 7.85. The first-order valence-corrected chi connectivity index (χ1v) is 6.13. The molecule has 0 aliphatic carbocycles. The van der Waals surface area contributed by atoms with Gasteiger partial charge in [0.15, 0.2) is 0 Å². The zero-order chi connectivity index (χ0) is 12.5. The molecule has 3 heteroatoms. The number of amidine groups is 1. The van der Waals surface area contributed by atoms with Gasteiger partial charge in [-0.25, -0.2) is 0 Å². The normalized spacial score (nSPS) is 12.1. The van der Waals surface area contributed by atoms with E-state index in [0.717, 1.165) is 26.0 Å². The lowest BCUT2D eigenvalue weighted by atomic mass is 10.1. The van der Waals surface area contributed by atoms with Crippen LogP contribution >= 0.6 is 0 Å². The Bertz CT molecular complexity index is 333. The summed E-state index contributed by atoms with van der Waals surface area (Å²) >= 11 is 0. The first-order chi connectivity index (χ1) is 8.18. The van der Waals surface area contributed by atoms with Crippen molar-refractivity contribution in [1.82, 2.24) is 0 Å². The molecule has 1 rings (SSSR count). The molecule has 0 saturated carbocycles. The molecule has 0 unspecified atom stereocenters. The van der Waals surface area contributed by atoms with Gasteiger partial charge in [0, 0.05) is 19.6 Å². The average Bonchev–Trinajstić information content (AvgIpc) is 2.29. The van der Waals surface area contributed by atoms with E-state index in [9.17, 15) is 0 Å². The van der Waals surface area contributed by atoms with Crippen molar-refractivity contribution in [2.45, 2.75) is 32.8 Å². The second-order valence-corrected chi connectivity index (χ2v) is 4.31. The number of ether oxygens (including phenoxy) is 1. The molecule has 0 atom stereocenters. The minimum atomic E-state index is 0.292. The lowest BCUT2D eigenvalue weighted by molar-refractivity contribution is 0.0783. The second-order valence-electron chi connectivity index (χ2n) is 4.31. The Balaban J connectivity index is 2.21. The maximum atomic E-state index is 5.86. The number of nitrogens with two attached hydrogens (primary N) is 1. The minimum absolute atomic E-state index is 0.292. The van der Waals surface area contributed by atoms with Gasteiger partial charge in [-0.15, -0.1) is 0 Å². The third-order valence-corrected chi connectivity index (χ3v) is 2.30. The molecular formula is C14H22N2O. The molecular weight excluding hydrogens is 212 g/mol. The molecule has 0 amide bonds. The predicted molar refractivity (Wildman–Crippen MR) is 72.3 cm³/mol. The number of nitrogens with zero attached hydrogens (tertiary/aromatic N) is 1. The molecule has 0 spiro atoms. The third kappa shape index (κ3) is 6.74. The van der Waals surface area contributed by atoms with Crippen LogP contribution in [0.25, 0.3) is 0 Å². The monoisotopic (exact) mass is 234 g/mol. The Morgan fingerprint density at radius 1 is 1.29 bits per heavy atom. The van der Waals surface area contributed by atoms with Gasteiger partial charge < -0.3 is 10.5 Å². The molecule has 17 heavy (non-hydrogen) atoms. The van der Waals surface area contributed by atoms with Crippen LogP contribution in [0.1, 0.15) is 25.8 Å². The van der Waals surface area contributed by atoms with Crippen LogP contribution in [0.5, 0.6) is 0 Å². The zero-order valence-corrected chi connectivity index (χ0v) is 10.7. The summed E-state index contributed by atoms with van der Waals surface area (Å²) in [5, 5.41) is 0. The molecule has 0 fully saturated rings. The molecule has 0 radical (unpaired) electrons. The highest BCUT2D eigenvalue weighted by molar-refractivity contribution is 5.82. The van der Waals surface area contributed by atoms with Gasteiger partial charge in [-0.05, 0) is 25.8 Å². The number of benzene rings is 1. The highest BCUT2D eigenvalue weighted by Crippen LogP contribution is 1.99. The molecule has 0 saturated heterocycles. The lowest BCUT2D eigenvalue weighted by Gasteiger charge is -2.06. The van der Waals surface area contributed by atoms with Crippen molar-refractivity contribution >= 4 is 5.84 Å². The predicted octanol–water partition coefficient (Wildman–Crippen LogP) is 2.40. The Morgan fingerprint density at radius 2 is 2.00 bits per heavy atom. The van der Waals surface area contributed by atoms with E-state index in [1.807, 2.05) is 32.0 Å². The summed E-state index contributed by atoms with van der Waals surface area (Å²) in [6, 6.07) is 10.1. The smallest absolute Gasteiger partial charge is 0.0981 e. The molecule has 0 heterocycles. The van der Waals surface area contributed by atoms with Crippen LogP contribution in [-0.4, -0.2) is 25.1 Å². The van der Waals surface area contributed by atoms with Gasteiger partial charge in [-0.3, -0.25) is 4.99 Å². The van der Waals surface area contributed by atoms with E-state index < -0.39 is 0 Å². The summed E-state index contributed by atoms with van der Waals surface area (Å²) < 4.78 is 5.43. The fourth-order valence-electron chi connectivity index (χ4n) is 1.47. The maximum Gasteiger partial charge on any atom is 0.0981 e. The number of hydrogen-bond donors (Lipinski definition) is 1. The number of aliphatic imine (C=N–C) groups is 1. The van der Waals surface area contributed by atoms with E-state index in [4.69, 9.17) is 10.5 Å². The molecule has 3 nitrogen and oxygen atoms in total. The first kappa shape index (κ1) is 13.7. The van der Waals surface area contributed by atoms with Gasteiger partial charge in [0.2, 0.25) is 0 Å². The molecule has 1 aromatic carbocycles. The minimum Gasteiger partial charge on any atom is -0.387 e. The SMILES string of the molecule is CC(C)OCCCN=C(N)Cc1ccccc1. The van der Waals surface area contributed by atoms with Gasteiger partial charge in [0.05, 0.1) is 11.9 Å². The van der Waals surface area contributed by atoms with Gasteiger partial charge >= 0.3 is 0 Å². The largest absolute Gasteiger partial charge is 0.387 e. The van der Waals surface area contributed by atoms with Crippen molar-refractivity contribution in [3.63, 3.8) is 0 Å². The summed E-state index contributed by atoms with van der Waals surface area (Å²) in [6.07, 6.45) is 1.94. The maximum absolute atomic E-state index is 5.86. The van der Waals surface area contributed by atoms with Crippen LogP contribution in [0.15, 0.2) is 35.3 Å². The molecule has 0 aromatic heterocycles. The van der Waals surface area contributed by atoms with Gasteiger partial charge in [0.25, 0.3) is 0 Å². The van der Waals surface area contributed by atoms with E-state index >= 15 is 0 Å². The van der Waals surface area contributed by atoms with Crippen molar-refractivity contribution in [3.8, 4) is 0 Å². The summed E-state index contributed by atoms with van der Waals surface area (Å²) in [4.78, 5) is 4.33. The van der Waals surface area contributed by atoms with Crippen LogP contribution < -0.4 is 5.73 Å². The lowest BCUT2D eigenvalue weighted by Crippen LogP contribution is -2.16. The quantitative estimate of drug-likeness (QED) is 0.447. The van der Waals surface area contributed by atoms with Gasteiger partial charge in [-0.1, -0.05) is 30.3 Å². The van der Waals surface area contributed by atoms with Crippen molar-refractivity contribution in [1.29, 1.82) is 0 Å². The van der Waals surface area contributed by atoms with Crippen LogP contribution in [-0.2, 0) is 11.2 Å². The van der Waals surface area contributed by atoms with E-state index in [1.54, 1.807) is 0 Å². The summed E-state index contributed by atoms with van der Waals surface area (Å²) in [6.45, 7) is 5.56. The highest BCUT2D eigenvalue weighted by Gasteiger charge is 1.96. The van der Waals surface area contributed by atoms with Crippen LogP contribution in [0.2, 0.25) is 0 Å². The van der Waals surface area contributed by atoms with Crippen LogP contribution in [0.4, 0.5) is 0 Å². The molecule has 0 bridgehead atoms. The van der Waals surface area contributed by atoms with Gasteiger partial charge in [0.1, 0.15) is 0 Å². The van der Waals surface area contributed by atoms with Crippen molar-refractivity contribution < 1.29 is 4.74 Å². The van der Waals surface area contributed by atoms with Crippen molar-refractivity contribution in [2.75, 3.05) is 13.2 Å². The topological polar surface area (TPSA) is 47.6 Å². The molecule has 0 aliphatic rings. The van der Waals surface area contributed by atoms with Crippen LogP contribution in [0.3, 0.4) is 0 Å². The van der Waals surface area contributed by atoms with Gasteiger partial charge in [-0.2, -0.15) is 0 Å². The van der Waals surface area contributed by atoms with Crippen molar-refractivity contribution in [3.05, 3.63) is 35.9 Å². The standard InChI is InChI=1S/C14H22N2O/c1-12(2)17-10-6-9-16-14(15)11-13-7-4-3-5-8-13/h3-5,7-8,12H,6,9-11H2,1-2H3,(H2,15,16). The van der Waals surface area contributed by atoms with E-state index in [0.29, 0.717) is 11.9 Å². The molecule has 0 aliphatic heterocycles. The van der Waals surface area contributed by atoms with Crippen LogP contribution in [0, 0.1) is 0 Å². The first-order valence-electron chi connectivity index (χ1n) is 6.13. The fraction of sp³-hybridized carbons (Fsp3) is 0.500.